The van der Waals surface area contributed by atoms with Crippen LogP contribution in [0.2, 0.25) is 0 Å². The maximum Gasteiger partial charge on any atom is 0.394 e. The molecule has 1 unspecified atom stereocenters. The Morgan fingerprint density at radius 2 is 2.05 bits per heavy atom. The maximum atomic E-state index is 8.74. The highest BCUT2D eigenvalue weighted by atomic mass is 32.3. The molecular formula is C11H18N4O4S. The molecule has 8 nitrogen and oxygen atoms in total. The molecule has 0 saturated carbocycles. The number of fused-ring (bicyclic) bond motifs is 1. The fourth-order valence-electron chi connectivity index (χ4n) is 2.05. The third-order valence-electron chi connectivity index (χ3n) is 2.90. The summed E-state index contributed by atoms with van der Waals surface area (Å²) in [5.41, 5.74) is 7.93. The summed E-state index contributed by atoms with van der Waals surface area (Å²) in [6.07, 6.45) is 1.02. The van der Waals surface area contributed by atoms with E-state index in [9.17, 15) is 0 Å². The van der Waals surface area contributed by atoms with Crippen molar-refractivity contribution in [3.8, 4) is 0 Å². The minimum atomic E-state index is -4.67. The molecule has 1 aliphatic heterocycles. The van der Waals surface area contributed by atoms with Crippen molar-refractivity contribution < 1.29 is 17.5 Å². The van der Waals surface area contributed by atoms with Crippen LogP contribution in [0.15, 0.2) is 24.3 Å². The predicted octanol–water partition coefficient (Wildman–Crippen LogP) is -0.122. The molecule has 0 saturated heterocycles. The third kappa shape index (κ3) is 5.43. The van der Waals surface area contributed by atoms with Gasteiger partial charge in [-0.15, -0.1) is 0 Å². The van der Waals surface area contributed by atoms with Gasteiger partial charge in [-0.05, 0) is 18.1 Å². The van der Waals surface area contributed by atoms with Crippen LogP contribution in [0.4, 0.5) is 5.69 Å². The van der Waals surface area contributed by atoms with E-state index in [0.717, 1.165) is 13.0 Å². The lowest BCUT2D eigenvalue weighted by atomic mass is 10.1. The van der Waals surface area contributed by atoms with Crippen LogP contribution in [0.1, 0.15) is 5.56 Å². The van der Waals surface area contributed by atoms with Gasteiger partial charge in [0, 0.05) is 19.3 Å². The second-order valence-electron chi connectivity index (χ2n) is 4.34. The number of nitrogens with one attached hydrogen (secondary N) is 2. The molecule has 1 atom stereocenters. The molecule has 0 radical (unpaired) electrons. The van der Waals surface area contributed by atoms with Crippen molar-refractivity contribution in [3.63, 3.8) is 0 Å². The summed E-state index contributed by atoms with van der Waals surface area (Å²) in [6, 6.07) is 8.79. The fraction of sp³-hybridized carbons (Fsp3) is 0.364. The largest absolute Gasteiger partial charge is 0.394 e. The zero-order chi connectivity index (χ0) is 15.3. The molecule has 1 aromatic carbocycles. The molecule has 0 spiro atoms. The van der Waals surface area contributed by atoms with Crippen molar-refractivity contribution in [2.24, 2.45) is 5.73 Å². The average molecular weight is 302 g/mol. The van der Waals surface area contributed by atoms with Crippen LogP contribution in [-0.2, 0) is 16.8 Å². The van der Waals surface area contributed by atoms with E-state index < -0.39 is 10.4 Å². The normalized spacial score (nSPS) is 16.9. The average Bonchev–Trinajstić information content (AvgIpc) is 2.62. The van der Waals surface area contributed by atoms with Gasteiger partial charge < -0.3 is 16.0 Å². The molecule has 0 aliphatic carbocycles. The van der Waals surface area contributed by atoms with Crippen LogP contribution < -0.4 is 16.0 Å². The van der Waals surface area contributed by atoms with Crippen molar-refractivity contribution in [2.75, 3.05) is 18.5 Å². The summed E-state index contributed by atoms with van der Waals surface area (Å²) in [5.74, 6) is 0.0411. The van der Waals surface area contributed by atoms with Gasteiger partial charge in [0.05, 0.1) is 6.04 Å². The summed E-state index contributed by atoms with van der Waals surface area (Å²) < 4.78 is 31.6. The lowest BCUT2D eigenvalue weighted by molar-refractivity contribution is 0.381. The molecule has 0 fully saturated rings. The van der Waals surface area contributed by atoms with E-state index in [1.165, 1.54) is 11.3 Å². The number of nitrogens with zero attached hydrogens (tertiary/aromatic N) is 1. The van der Waals surface area contributed by atoms with Crippen molar-refractivity contribution in [3.05, 3.63) is 29.8 Å². The number of para-hydroxylation sites is 1. The Bertz CT molecular complexity index is 568. The summed E-state index contributed by atoms with van der Waals surface area (Å²) in [7, 11) is -2.59. The molecular weight excluding hydrogens is 284 g/mol. The quantitative estimate of drug-likeness (QED) is 0.291. The van der Waals surface area contributed by atoms with Crippen molar-refractivity contribution in [1.82, 2.24) is 5.32 Å². The first-order valence-corrected chi connectivity index (χ1v) is 7.16. The lowest BCUT2D eigenvalue weighted by Gasteiger charge is -2.22. The molecule has 1 heterocycles. The van der Waals surface area contributed by atoms with E-state index in [2.05, 4.69) is 41.5 Å². The summed E-state index contributed by atoms with van der Waals surface area (Å²) in [5, 5.41) is 10.0. The molecule has 0 aromatic heterocycles. The molecule has 2 rings (SSSR count). The summed E-state index contributed by atoms with van der Waals surface area (Å²) in [4.78, 5) is 2.24. The molecule has 1 aromatic rings. The number of hydrogen-bond acceptors (Lipinski definition) is 4. The molecule has 1 aliphatic rings. The van der Waals surface area contributed by atoms with E-state index in [1.54, 1.807) is 0 Å². The second kappa shape index (κ2) is 6.55. The first kappa shape index (κ1) is 16.2. The molecule has 6 N–H and O–H groups in total. The van der Waals surface area contributed by atoms with Gasteiger partial charge in [-0.1, -0.05) is 18.2 Å². The first-order valence-electron chi connectivity index (χ1n) is 5.77. The van der Waals surface area contributed by atoms with Gasteiger partial charge in [0.1, 0.15) is 0 Å². The number of nitrogens with two attached hydrogens (primary N) is 1. The minimum Gasteiger partial charge on any atom is -0.370 e. The lowest BCUT2D eigenvalue weighted by Crippen LogP contribution is -2.42. The Balaban J connectivity index is 0.000000347. The van der Waals surface area contributed by atoms with Gasteiger partial charge in [-0.3, -0.25) is 14.5 Å². The monoisotopic (exact) mass is 302 g/mol. The summed E-state index contributed by atoms with van der Waals surface area (Å²) >= 11 is 0. The third-order valence-corrected chi connectivity index (χ3v) is 2.90. The molecule has 20 heavy (non-hydrogen) atoms. The van der Waals surface area contributed by atoms with E-state index >= 15 is 0 Å². The smallest absolute Gasteiger partial charge is 0.370 e. The van der Waals surface area contributed by atoms with E-state index in [1.807, 2.05) is 0 Å². The highest BCUT2D eigenvalue weighted by molar-refractivity contribution is 7.79. The molecule has 9 heteroatoms. The van der Waals surface area contributed by atoms with Crippen LogP contribution in [0.3, 0.4) is 0 Å². The zero-order valence-electron chi connectivity index (χ0n) is 10.9. The standard InChI is InChI=1S/C11H16N4.H2O4S/c1-15-9(7-14-11(12)13)6-8-4-2-3-5-10(8)15;1-5(2,3)4/h2-5,9H,6-7H2,1H3,(H4,12,13,14);(H2,1,2,3,4). The molecule has 0 amide bonds. The van der Waals surface area contributed by atoms with Crippen molar-refractivity contribution in [2.45, 2.75) is 12.5 Å². The Hall–Kier alpha value is -1.84. The Labute approximate surface area is 117 Å². The summed E-state index contributed by atoms with van der Waals surface area (Å²) in [6.45, 7) is 0.723. The number of rotatable bonds is 2. The van der Waals surface area contributed by atoms with E-state index in [4.69, 9.17) is 28.7 Å². The number of benzene rings is 1. The molecule has 0 bridgehead atoms. The van der Waals surface area contributed by atoms with Crippen LogP contribution in [0.5, 0.6) is 0 Å². The SMILES string of the molecule is CN1c2ccccc2CC1CNC(=N)N.O=S(=O)(O)O. The van der Waals surface area contributed by atoms with E-state index in [0.29, 0.717) is 6.04 Å². The Morgan fingerprint density at radius 3 is 2.55 bits per heavy atom. The van der Waals surface area contributed by atoms with Crippen molar-refractivity contribution in [1.29, 1.82) is 5.41 Å². The first-order chi connectivity index (χ1) is 9.18. The second-order valence-corrected chi connectivity index (χ2v) is 5.24. The Morgan fingerprint density at radius 1 is 1.50 bits per heavy atom. The fourth-order valence-corrected chi connectivity index (χ4v) is 2.05. The Kier molecular flexibility index (Phi) is 5.31. The highest BCUT2D eigenvalue weighted by Crippen LogP contribution is 2.29. The minimum absolute atomic E-state index is 0.0411. The van der Waals surface area contributed by atoms with Crippen LogP contribution in [0.25, 0.3) is 0 Å². The van der Waals surface area contributed by atoms with Crippen molar-refractivity contribution >= 4 is 22.0 Å². The van der Waals surface area contributed by atoms with Gasteiger partial charge in [-0.2, -0.15) is 8.42 Å². The van der Waals surface area contributed by atoms with Gasteiger partial charge >= 0.3 is 10.4 Å². The van der Waals surface area contributed by atoms with Gasteiger partial charge in [0.15, 0.2) is 5.96 Å². The van der Waals surface area contributed by atoms with Gasteiger partial charge in [0.25, 0.3) is 0 Å². The molecule has 112 valence electrons. The maximum absolute atomic E-state index is 8.74. The predicted molar refractivity (Wildman–Crippen MR) is 76.4 cm³/mol. The highest BCUT2D eigenvalue weighted by Gasteiger charge is 2.25. The van der Waals surface area contributed by atoms with Gasteiger partial charge in [0.2, 0.25) is 0 Å². The van der Waals surface area contributed by atoms with Gasteiger partial charge in [-0.25, -0.2) is 0 Å². The number of hydrogen-bond donors (Lipinski definition) is 5. The number of likely N-dealkylation sites (N-methyl/N-ethyl adjacent to an activating group) is 1. The van der Waals surface area contributed by atoms with Crippen LogP contribution >= 0.6 is 0 Å². The zero-order valence-corrected chi connectivity index (χ0v) is 11.8. The van der Waals surface area contributed by atoms with Crippen LogP contribution in [0, 0.1) is 5.41 Å². The van der Waals surface area contributed by atoms with Crippen LogP contribution in [-0.4, -0.2) is 43.1 Å². The topological polar surface area (TPSA) is 140 Å². The number of guanidine groups is 1. The number of anilines is 1. The van der Waals surface area contributed by atoms with E-state index in [-0.39, 0.29) is 5.96 Å².